The number of carbonyl (C=O) groups excluding carboxylic acids is 1. The monoisotopic (exact) mass is 365 g/mol. The number of hydrogen-bond donors (Lipinski definition) is 0. The summed E-state index contributed by atoms with van der Waals surface area (Å²) in [4.78, 5) is 14.8. The Morgan fingerprint density at radius 2 is 1.89 bits per heavy atom. The topological polar surface area (TPSA) is 51.3 Å². The summed E-state index contributed by atoms with van der Waals surface area (Å²) < 4.78 is 7.33. The van der Waals surface area contributed by atoms with E-state index in [4.69, 9.17) is 4.52 Å². The van der Waals surface area contributed by atoms with Gasteiger partial charge in [-0.3, -0.25) is 9.69 Å². The smallest absolute Gasteiger partial charge is 0.178 e. The largest absolute Gasteiger partial charge is 0.361 e. The van der Waals surface area contributed by atoms with Crippen LogP contribution in [0.2, 0.25) is 0 Å². The summed E-state index contributed by atoms with van der Waals surface area (Å²) in [6.07, 6.45) is 0.955. The molecule has 142 valence electrons. The molecule has 27 heavy (non-hydrogen) atoms. The van der Waals surface area contributed by atoms with Gasteiger partial charge in [-0.1, -0.05) is 35.5 Å². The lowest BCUT2D eigenvalue weighted by molar-refractivity contribution is 0.0941. The normalized spacial score (nSPS) is 11.3. The summed E-state index contributed by atoms with van der Waals surface area (Å²) in [6.45, 7) is 7.79. The van der Waals surface area contributed by atoms with Crippen LogP contribution in [0.3, 0.4) is 0 Å². The molecule has 5 nitrogen and oxygen atoms in total. The van der Waals surface area contributed by atoms with Crippen LogP contribution in [0.25, 0.3) is 0 Å². The summed E-state index contributed by atoms with van der Waals surface area (Å²) in [5, 5.41) is 3.99. The molecule has 3 aromatic rings. The molecule has 0 amide bonds. The third-order valence-corrected chi connectivity index (χ3v) is 4.86. The van der Waals surface area contributed by atoms with Crippen molar-refractivity contribution in [1.29, 1.82) is 0 Å². The minimum Gasteiger partial charge on any atom is -0.361 e. The van der Waals surface area contributed by atoms with E-state index in [1.165, 1.54) is 5.56 Å². The van der Waals surface area contributed by atoms with Crippen molar-refractivity contribution in [2.75, 3.05) is 13.6 Å². The molecule has 0 saturated heterocycles. The molecule has 0 aliphatic rings. The van der Waals surface area contributed by atoms with E-state index in [0.717, 1.165) is 41.4 Å². The zero-order chi connectivity index (χ0) is 19.4. The Balaban J connectivity index is 1.64. The Labute approximate surface area is 160 Å². The van der Waals surface area contributed by atoms with E-state index < -0.39 is 0 Å². The van der Waals surface area contributed by atoms with Crippen LogP contribution in [0.5, 0.6) is 0 Å². The van der Waals surface area contributed by atoms with E-state index >= 15 is 0 Å². The van der Waals surface area contributed by atoms with Gasteiger partial charge in [-0.25, -0.2) is 0 Å². The molecule has 0 atom stereocenters. The highest BCUT2D eigenvalue weighted by Gasteiger charge is 2.17. The number of hydrogen-bond acceptors (Lipinski definition) is 4. The van der Waals surface area contributed by atoms with Gasteiger partial charge in [0.15, 0.2) is 5.78 Å². The Morgan fingerprint density at radius 3 is 2.56 bits per heavy atom. The number of aromatic nitrogens is 2. The molecule has 0 unspecified atom stereocenters. The lowest BCUT2D eigenvalue weighted by atomic mass is 10.1. The summed E-state index contributed by atoms with van der Waals surface area (Å²) in [6, 6.07) is 14.3. The summed E-state index contributed by atoms with van der Waals surface area (Å²) >= 11 is 0. The van der Waals surface area contributed by atoms with Crippen LogP contribution in [-0.2, 0) is 19.5 Å². The number of benzene rings is 1. The van der Waals surface area contributed by atoms with Crippen molar-refractivity contribution in [3.8, 4) is 0 Å². The van der Waals surface area contributed by atoms with Crippen molar-refractivity contribution >= 4 is 5.78 Å². The molecule has 0 aliphatic heterocycles. The molecule has 3 rings (SSSR count). The standard InChI is InChI=1S/C22H27N3O2/c1-16-12-21(18(3)25(16)11-10-19-8-6-5-7-9-19)22(26)15-24(4)14-20-13-17(2)27-23-20/h5-9,12-13H,10-11,14-15H2,1-4H3. The number of Topliss-reactive ketones (excluding diaryl/α,β-unsaturated/α-hetero) is 1. The Hall–Kier alpha value is -2.66. The maximum absolute atomic E-state index is 12.8. The van der Waals surface area contributed by atoms with Crippen LogP contribution in [0, 0.1) is 20.8 Å². The van der Waals surface area contributed by atoms with Crippen molar-refractivity contribution in [3.05, 3.63) is 76.4 Å². The number of aryl methyl sites for hydroxylation is 3. The Kier molecular flexibility index (Phi) is 5.91. The first-order chi connectivity index (χ1) is 12.9. The predicted molar refractivity (Wildman–Crippen MR) is 106 cm³/mol. The first-order valence-electron chi connectivity index (χ1n) is 9.28. The SMILES string of the molecule is Cc1cc(CN(C)CC(=O)c2cc(C)n(CCc3ccccc3)c2C)no1. The molecule has 2 aromatic heterocycles. The molecule has 0 saturated carbocycles. The summed E-state index contributed by atoms with van der Waals surface area (Å²) in [5.41, 5.74) is 5.13. The van der Waals surface area contributed by atoms with E-state index in [1.54, 1.807) is 0 Å². The van der Waals surface area contributed by atoms with E-state index in [2.05, 4.69) is 40.9 Å². The van der Waals surface area contributed by atoms with E-state index in [9.17, 15) is 4.79 Å². The zero-order valence-electron chi connectivity index (χ0n) is 16.5. The van der Waals surface area contributed by atoms with Crippen LogP contribution >= 0.6 is 0 Å². The second kappa shape index (κ2) is 8.35. The molecule has 0 aliphatic carbocycles. The molecule has 5 heteroatoms. The number of ketones is 1. The molecule has 0 bridgehead atoms. The average molecular weight is 365 g/mol. The number of likely N-dealkylation sites (N-methyl/N-ethyl adjacent to an activating group) is 1. The molecule has 0 fully saturated rings. The van der Waals surface area contributed by atoms with Crippen LogP contribution in [0.1, 0.15) is 38.8 Å². The maximum atomic E-state index is 12.8. The molecule has 2 heterocycles. The molecule has 0 radical (unpaired) electrons. The van der Waals surface area contributed by atoms with Crippen LogP contribution < -0.4 is 0 Å². The maximum Gasteiger partial charge on any atom is 0.178 e. The van der Waals surface area contributed by atoms with E-state index in [-0.39, 0.29) is 5.78 Å². The van der Waals surface area contributed by atoms with Gasteiger partial charge < -0.3 is 9.09 Å². The fourth-order valence-corrected chi connectivity index (χ4v) is 3.47. The Morgan fingerprint density at radius 1 is 1.15 bits per heavy atom. The fourth-order valence-electron chi connectivity index (χ4n) is 3.47. The lowest BCUT2D eigenvalue weighted by Crippen LogP contribution is -2.26. The van der Waals surface area contributed by atoms with Gasteiger partial charge in [0.2, 0.25) is 0 Å². The first kappa shape index (κ1) is 19.1. The average Bonchev–Trinajstić information content (AvgIpc) is 3.16. The highest BCUT2D eigenvalue weighted by molar-refractivity contribution is 5.99. The third-order valence-electron chi connectivity index (χ3n) is 4.86. The number of nitrogens with zero attached hydrogens (tertiary/aromatic N) is 3. The van der Waals surface area contributed by atoms with E-state index in [1.807, 2.05) is 44.0 Å². The van der Waals surface area contributed by atoms with Gasteiger partial charge in [-0.2, -0.15) is 0 Å². The lowest BCUT2D eigenvalue weighted by Gasteiger charge is -2.14. The van der Waals surface area contributed by atoms with Gasteiger partial charge in [0.25, 0.3) is 0 Å². The van der Waals surface area contributed by atoms with Gasteiger partial charge in [-0.05, 0) is 45.9 Å². The molecular formula is C22H27N3O2. The zero-order valence-corrected chi connectivity index (χ0v) is 16.5. The predicted octanol–water partition coefficient (Wildman–Crippen LogP) is 3.96. The third kappa shape index (κ3) is 4.74. The second-order valence-corrected chi connectivity index (χ2v) is 7.20. The Bertz CT molecular complexity index is 909. The van der Waals surface area contributed by atoms with Crippen molar-refractivity contribution in [2.24, 2.45) is 0 Å². The first-order valence-corrected chi connectivity index (χ1v) is 9.28. The fraction of sp³-hybridized carbons (Fsp3) is 0.364. The van der Waals surface area contributed by atoms with Crippen LogP contribution in [0.4, 0.5) is 0 Å². The van der Waals surface area contributed by atoms with Gasteiger partial charge in [-0.15, -0.1) is 0 Å². The highest BCUT2D eigenvalue weighted by atomic mass is 16.5. The molecule has 1 aromatic carbocycles. The van der Waals surface area contributed by atoms with Gasteiger partial charge in [0.1, 0.15) is 5.76 Å². The van der Waals surface area contributed by atoms with Crippen LogP contribution in [0.15, 0.2) is 47.0 Å². The number of rotatable bonds is 8. The van der Waals surface area contributed by atoms with Crippen molar-refractivity contribution in [3.63, 3.8) is 0 Å². The molecular weight excluding hydrogens is 338 g/mol. The molecule has 0 spiro atoms. The molecule has 0 N–H and O–H groups in total. The summed E-state index contributed by atoms with van der Waals surface area (Å²) in [5.74, 6) is 0.920. The van der Waals surface area contributed by atoms with Crippen molar-refractivity contribution in [1.82, 2.24) is 14.6 Å². The van der Waals surface area contributed by atoms with E-state index in [0.29, 0.717) is 13.1 Å². The minimum atomic E-state index is 0.136. The minimum absolute atomic E-state index is 0.136. The van der Waals surface area contributed by atoms with Crippen LogP contribution in [-0.4, -0.2) is 34.0 Å². The van der Waals surface area contributed by atoms with Crippen molar-refractivity contribution < 1.29 is 9.32 Å². The van der Waals surface area contributed by atoms with Gasteiger partial charge in [0, 0.05) is 36.1 Å². The second-order valence-electron chi connectivity index (χ2n) is 7.20. The summed E-state index contributed by atoms with van der Waals surface area (Å²) in [7, 11) is 1.93. The quantitative estimate of drug-likeness (QED) is 0.567. The van der Waals surface area contributed by atoms with Gasteiger partial charge in [0.05, 0.1) is 12.2 Å². The number of carbonyl (C=O) groups is 1. The van der Waals surface area contributed by atoms with Gasteiger partial charge >= 0.3 is 0 Å². The highest BCUT2D eigenvalue weighted by Crippen LogP contribution is 2.17. The van der Waals surface area contributed by atoms with Crippen molar-refractivity contribution in [2.45, 2.75) is 40.3 Å².